The maximum absolute atomic E-state index is 11.6. The van der Waals surface area contributed by atoms with Crippen molar-refractivity contribution in [2.75, 3.05) is 6.54 Å². The number of hydrogen-bond donors (Lipinski definition) is 2. The summed E-state index contributed by atoms with van der Waals surface area (Å²) >= 11 is 0. The third-order valence-corrected chi connectivity index (χ3v) is 2.85. The first-order chi connectivity index (χ1) is 8.11. The number of nitrogen functional groups attached to an aromatic ring is 1. The Balaban J connectivity index is 2.11. The van der Waals surface area contributed by atoms with Crippen LogP contribution in [-0.2, 0) is 11.3 Å². The van der Waals surface area contributed by atoms with Gasteiger partial charge in [0.05, 0.1) is 6.26 Å². The average molecular weight is 237 g/mol. The Morgan fingerprint density at radius 1 is 1.71 bits per heavy atom. The van der Waals surface area contributed by atoms with Crippen LogP contribution in [0.4, 0.5) is 0 Å². The Labute approximate surface area is 98.7 Å². The predicted octanol–water partition coefficient (Wildman–Crippen LogP) is 0.252. The summed E-state index contributed by atoms with van der Waals surface area (Å²) in [7, 11) is 0. The van der Waals surface area contributed by atoms with Crippen LogP contribution in [-0.4, -0.2) is 23.3 Å². The molecule has 1 unspecified atom stereocenters. The molecule has 1 fully saturated rings. The van der Waals surface area contributed by atoms with E-state index in [-0.39, 0.29) is 11.7 Å². The molecule has 0 saturated carbocycles. The van der Waals surface area contributed by atoms with Gasteiger partial charge in [0, 0.05) is 25.1 Å². The topological polar surface area (TPSA) is 88.6 Å². The summed E-state index contributed by atoms with van der Waals surface area (Å²) in [4.78, 5) is 24.7. The predicted molar refractivity (Wildman–Crippen MR) is 59.6 cm³/mol. The molecule has 2 rings (SSSR count). The number of hydrogen-bond acceptors (Lipinski definition) is 4. The summed E-state index contributed by atoms with van der Waals surface area (Å²) < 4.78 is 5.06. The minimum atomic E-state index is -0.482. The molecule has 0 bridgehead atoms. The van der Waals surface area contributed by atoms with Crippen molar-refractivity contribution >= 4 is 11.8 Å². The van der Waals surface area contributed by atoms with Crippen LogP contribution in [0, 0.1) is 5.92 Å². The largest absolute Gasteiger partial charge is 0.459 e. The first kappa shape index (κ1) is 11.7. The van der Waals surface area contributed by atoms with Gasteiger partial charge in [-0.2, -0.15) is 0 Å². The normalized spacial score (nSPS) is 19.8. The van der Waals surface area contributed by atoms with Crippen molar-refractivity contribution in [3.05, 3.63) is 23.7 Å². The fourth-order valence-corrected chi connectivity index (χ4v) is 2.05. The van der Waals surface area contributed by atoms with Crippen molar-refractivity contribution in [1.82, 2.24) is 10.3 Å². The summed E-state index contributed by atoms with van der Waals surface area (Å²) in [5.41, 5.74) is 2.69. The number of nitrogens with zero attached hydrogens (tertiary/aromatic N) is 1. The second-order valence-electron chi connectivity index (χ2n) is 4.33. The molecule has 0 aromatic carbocycles. The van der Waals surface area contributed by atoms with Gasteiger partial charge in [0.1, 0.15) is 0 Å². The molecule has 1 aliphatic heterocycles. The Hall–Kier alpha value is -1.82. The van der Waals surface area contributed by atoms with Gasteiger partial charge in [0.25, 0.3) is 0 Å². The molecule has 1 saturated heterocycles. The van der Waals surface area contributed by atoms with Gasteiger partial charge in [0.2, 0.25) is 5.91 Å². The van der Waals surface area contributed by atoms with Crippen molar-refractivity contribution < 1.29 is 14.0 Å². The van der Waals surface area contributed by atoms with Crippen LogP contribution in [0.15, 0.2) is 16.7 Å². The van der Waals surface area contributed by atoms with Crippen molar-refractivity contribution in [1.29, 1.82) is 0 Å². The van der Waals surface area contributed by atoms with Gasteiger partial charge in [-0.1, -0.05) is 6.92 Å². The fraction of sp³-hybridized carbons (Fsp3) is 0.455. The second-order valence-corrected chi connectivity index (χ2v) is 4.33. The molecule has 0 radical (unpaired) electrons. The van der Waals surface area contributed by atoms with E-state index in [1.54, 1.807) is 11.0 Å². The second kappa shape index (κ2) is 4.58. The van der Waals surface area contributed by atoms with E-state index in [2.05, 4.69) is 0 Å². The third kappa shape index (κ3) is 2.31. The standard InChI is InChI=1S/C11H15N3O3/c1-7-4-9(15)14(5-7)6-8-2-3-17-10(8)11(16)13-12/h2-3,7H,4-6,12H2,1H3,(H,13,16). The van der Waals surface area contributed by atoms with Gasteiger partial charge in [-0.05, 0) is 12.0 Å². The van der Waals surface area contributed by atoms with E-state index in [1.165, 1.54) is 6.26 Å². The summed E-state index contributed by atoms with van der Waals surface area (Å²) in [6.45, 7) is 3.14. The van der Waals surface area contributed by atoms with Crippen LogP contribution in [0.2, 0.25) is 0 Å². The monoisotopic (exact) mass is 237 g/mol. The zero-order valence-corrected chi connectivity index (χ0v) is 9.60. The van der Waals surface area contributed by atoms with Gasteiger partial charge in [-0.25, -0.2) is 5.84 Å². The third-order valence-electron chi connectivity index (χ3n) is 2.85. The molecule has 92 valence electrons. The lowest BCUT2D eigenvalue weighted by Crippen LogP contribution is -2.31. The van der Waals surface area contributed by atoms with Crippen LogP contribution in [0.25, 0.3) is 0 Å². The Kier molecular flexibility index (Phi) is 3.14. The van der Waals surface area contributed by atoms with E-state index in [9.17, 15) is 9.59 Å². The minimum Gasteiger partial charge on any atom is -0.459 e. The molecule has 0 aliphatic carbocycles. The number of amides is 2. The number of carbonyl (C=O) groups is 2. The lowest BCUT2D eigenvalue weighted by Gasteiger charge is -2.15. The molecule has 2 heterocycles. The number of nitrogens with one attached hydrogen (secondary N) is 1. The smallest absolute Gasteiger partial charge is 0.301 e. The molecule has 1 atom stereocenters. The van der Waals surface area contributed by atoms with E-state index >= 15 is 0 Å². The van der Waals surface area contributed by atoms with Gasteiger partial charge in [-0.15, -0.1) is 0 Å². The molecule has 2 amide bonds. The Morgan fingerprint density at radius 2 is 2.47 bits per heavy atom. The Bertz CT molecular complexity index is 441. The molecule has 6 heteroatoms. The molecular weight excluding hydrogens is 222 g/mol. The zero-order chi connectivity index (χ0) is 12.4. The first-order valence-corrected chi connectivity index (χ1v) is 5.47. The molecule has 6 nitrogen and oxygen atoms in total. The van der Waals surface area contributed by atoms with E-state index in [1.807, 2.05) is 12.3 Å². The van der Waals surface area contributed by atoms with Crippen LogP contribution >= 0.6 is 0 Å². The minimum absolute atomic E-state index is 0.109. The lowest BCUT2D eigenvalue weighted by atomic mass is 10.2. The summed E-state index contributed by atoms with van der Waals surface area (Å²) in [6, 6.07) is 1.68. The lowest BCUT2D eigenvalue weighted by molar-refractivity contribution is -0.128. The van der Waals surface area contributed by atoms with Crippen molar-refractivity contribution in [3.63, 3.8) is 0 Å². The van der Waals surface area contributed by atoms with Crippen molar-refractivity contribution in [3.8, 4) is 0 Å². The van der Waals surface area contributed by atoms with Crippen LogP contribution in [0.5, 0.6) is 0 Å². The number of nitrogens with two attached hydrogens (primary N) is 1. The Morgan fingerprint density at radius 3 is 3.06 bits per heavy atom. The maximum atomic E-state index is 11.6. The molecule has 0 spiro atoms. The highest BCUT2D eigenvalue weighted by Crippen LogP contribution is 2.21. The molecule has 3 N–H and O–H groups in total. The number of hydrazine groups is 1. The highest BCUT2D eigenvalue weighted by molar-refractivity contribution is 5.92. The molecular formula is C11H15N3O3. The highest BCUT2D eigenvalue weighted by atomic mass is 16.3. The average Bonchev–Trinajstić information content (AvgIpc) is 2.86. The molecule has 1 aliphatic rings. The van der Waals surface area contributed by atoms with Gasteiger partial charge >= 0.3 is 5.91 Å². The van der Waals surface area contributed by atoms with Crippen LogP contribution < -0.4 is 11.3 Å². The van der Waals surface area contributed by atoms with E-state index in [4.69, 9.17) is 10.3 Å². The fourth-order valence-electron chi connectivity index (χ4n) is 2.05. The van der Waals surface area contributed by atoms with Crippen molar-refractivity contribution in [2.24, 2.45) is 11.8 Å². The van der Waals surface area contributed by atoms with Gasteiger partial charge in [0.15, 0.2) is 5.76 Å². The van der Waals surface area contributed by atoms with Gasteiger partial charge < -0.3 is 9.32 Å². The summed E-state index contributed by atoms with van der Waals surface area (Å²) in [5.74, 6) is 5.21. The maximum Gasteiger partial charge on any atom is 0.301 e. The van der Waals surface area contributed by atoms with Crippen LogP contribution in [0.3, 0.4) is 0 Å². The number of likely N-dealkylation sites (tertiary alicyclic amines) is 1. The number of rotatable bonds is 3. The van der Waals surface area contributed by atoms with Crippen molar-refractivity contribution in [2.45, 2.75) is 19.9 Å². The molecule has 1 aromatic rings. The highest BCUT2D eigenvalue weighted by Gasteiger charge is 2.28. The zero-order valence-electron chi connectivity index (χ0n) is 9.60. The van der Waals surface area contributed by atoms with E-state index in [0.717, 1.165) is 0 Å². The number of furan rings is 1. The molecule has 1 aromatic heterocycles. The van der Waals surface area contributed by atoms with Gasteiger partial charge in [-0.3, -0.25) is 15.0 Å². The molecule has 17 heavy (non-hydrogen) atoms. The first-order valence-electron chi connectivity index (χ1n) is 5.47. The summed E-state index contributed by atoms with van der Waals surface area (Å²) in [5, 5.41) is 0. The van der Waals surface area contributed by atoms with E-state index < -0.39 is 5.91 Å². The number of carbonyl (C=O) groups excluding carboxylic acids is 2. The van der Waals surface area contributed by atoms with Crippen LogP contribution in [0.1, 0.15) is 29.5 Å². The summed E-state index contributed by atoms with van der Waals surface area (Å²) in [6.07, 6.45) is 1.99. The SMILES string of the molecule is CC1CC(=O)N(Cc2ccoc2C(=O)NN)C1. The van der Waals surface area contributed by atoms with E-state index in [0.29, 0.717) is 31.0 Å². The quantitative estimate of drug-likeness (QED) is 0.448.